The Morgan fingerprint density at radius 1 is 1.35 bits per heavy atom. The van der Waals surface area contributed by atoms with Crippen molar-refractivity contribution >= 4 is 51.3 Å². The Morgan fingerprint density at radius 3 is 2.42 bits per heavy atom. The molecule has 0 atom stereocenters. The van der Waals surface area contributed by atoms with E-state index < -0.39 is 15.5 Å². The third-order valence-electron chi connectivity index (χ3n) is 3.88. The van der Waals surface area contributed by atoms with E-state index in [9.17, 15) is 21.6 Å². The number of sulfonamides is 1. The van der Waals surface area contributed by atoms with Crippen LogP contribution in [0.25, 0.3) is 0 Å². The second kappa shape index (κ2) is 9.55. The van der Waals surface area contributed by atoms with Crippen LogP contribution in [0.2, 0.25) is 0 Å². The van der Waals surface area contributed by atoms with Crippen molar-refractivity contribution in [3.8, 4) is 0 Å². The average Bonchev–Trinajstić information content (AvgIpc) is 2.96. The number of thiophene rings is 1. The SMILES string of the molecule is CN=C(NCc1ccc(C)s1)NC1CCN(S(=O)(=O)C(F)(F)F)CC1.I. The van der Waals surface area contributed by atoms with E-state index in [0.717, 1.165) is 4.88 Å². The van der Waals surface area contributed by atoms with E-state index in [4.69, 9.17) is 0 Å². The van der Waals surface area contributed by atoms with Gasteiger partial charge in [-0.1, -0.05) is 0 Å². The fourth-order valence-corrected chi connectivity index (χ4v) is 4.34. The summed E-state index contributed by atoms with van der Waals surface area (Å²) in [5, 5.41) is 6.28. The summed E-state index contributed by atoms with van der Waals surface area (Å²) in [6, 6.07) is 3.91. The minimum absolute atomic E-state index is 0. The number of piperidine rings is 1. The van der Waals surface area contributed by atoms with Gasteiger partial charge in [-0.3, -0.25) is 4.99 Å². The summed E-state index contributed by atoms with van der Waals surface area (Å²) in [6.07, 6.45) is 0.572. The summed E-state index contributed by atoms with van der Waals surface area (Å²) >= 11 is 1.67. The first-order chi connectivity index (χ1) is 11.6. The van der Waals surface area contributed by atoms with Crippen LogP contribution in [0.5, 0.6) is 0 Å². The normalized spacial score (nSPS) is 17.7. The van der Waals surface area contributed by atoms with Crippen molar-refractivity contribution in [2.45, 2.75) is 37.9 Å². The number of guanidine groups is 1. The molecule has 1 aromatic rings. The maximum atomic E-state index is 12.6. The van der Waals surface area contributed by atoms with Gasteiger partial charge in [0.05, 0.1) is 6.54 Å². The van der Waals surface area contributed by atoms with Crippen LogP contribution in [-0.2, 0) is 16.6 Å². The molecular weight excluding hydrogens is 504 g/mol. The summed E-state index contributed by atoms with van der Waals surface area (Å²) in [5.74, 6) is 0.545. The van der Waals surface area contributed by atoms with Gasteiger partial charge in [0.1, 0.15) is 0 Å². The Kier molecular flexibility index (Phi) is 8.61. The minimum atomic E-state index is -5.25. The van der Waals surface area contributed by atoms with E-state index >= 15 is 0 Å². The van der Waals surface area contributed by atoms with E-state index in [1.165, 1.54) is 4.88 Å². The highest BCUT2D eigenvalue weighted by Crippen LogP contribution is 2.28. The maximum absolute atomic E-state index is 12.6. The zero-order valence-electron chi connectivity index (χ0n) is 14.3. The van der Waals surface area contributed by atoms with Crippen LogP contribution >= 0.6 is 35.3 Å². The highest BCUT2D eigenvalue weighted by molar-refractivity contribution is 14.0. The van der Waals surface area contributed by atoms with Gasteiger partial charge in [-0.15, -0.1) is 35.3 Å². The highest BCUT2D eigenvalue weighted by atomic mass is 127. The van der Waals surface area contributed by atoms with E-state index in [-0.39, 0.29) is 55.9 Å². The number of aliphatic imine (C=N–C) groups is 1. The molecule has 1 fully saturated rings. The molecule has 0 bridgehead atoms. The van der Waals surface area contributed by atoms with Crippen molar-refractivity contribution in [2.75, 3.05) is 20.1 Å². The van der Waals surface area contributed by atoms with Gasteiger partial charge in [0.2, 0.25) is 0 Å². The molecule has 0 radical (unpaired) electrons. The second-order valence-electron chi connectivity index (χ2n) is 5.71. The number of alkyl halides is 3. The Bertz CT molecular complexity index is 714. The highest BCUT2D eigenvalue weighted by Gasteiger charge is 2.50. The number of hydrogen-bond donors (Lipinski definition) is 2. The van der Waals surface area contributed by atoms with Crippen molar-refractivity contribution in [3.05, 3.63) is 21.9 Å². The predicted molar refractivity (Wildman–Crippen MR) is 107 cm³/mol. The summed E-state index contributed by atoms with van der Waals surface area (Å²) < 4.78 is 61.0. The molecule has 1 saturated heterocycles. The number of aryl methyl sites for hydroxylation is 1. The smallest absolute Gasteiger partial charge is 0.354 e. The third-order valence-corrected chi connectivity index (χ3v) is 6.51. The van der Waals surface area contributed by atoms with Gasteiger partial charge in [0, 0.05) is 35.9 Å². The summed E-state index contributed by atoms with van der Waals surface area (Å²) in [4.78, 5) is 6.45. The Hall–Kier alpha value is -0.600. The van der Waals surface area contributed by atoms with E-state index in [2.05, 4.69) is 15.6 Å². The van der Waals surface area contributed by atoms with Crippen LogP contribution in [-0.4, -0.2) is 50.4 Å². The molecular formula is C14H22F3IN4O2S2. The number of nitrogens with one attached hydrogen (secondary N) is 2. The summed E-state index contributed by atoms with van der Waals surface area (Å²) in [5.41, 5.74) is -5.25. The molecule has 6 nitrogen and oxygen atoms in total. The zero-order chi connectivity index (χ0) is 18.7. The van der Waals surface area contributed by atoms with E-state index in [1.54, 1.807) is 18.4 Å². The first-order valence-corrected chi connectivity index (χ1v) is 9.98. The number of rotatable bonds is 4. The van der Waals surface area contributed by atoms with Crippen LogP contribution in [0.4, 0.5) is 13.2 Å². The third kappa shape index (κ3) is 5.96. The Morgan fingerprint density at radius 2 is 1.96 bits per heavy atom. The molecule has 0 spiro atoms. The topological polar surface area (TPSA) is 73.8 Å². The molecule has 1 aliphatic rings. The molecule has 0 amide bonds. The molecule has 12 heteroatoms. The Labute approximate surface area is 172 Å². The molecule has 26 heavy (non-hydrogen) atoms. The molecule has 2 heterocycles. The minimum Gasteiger partial charge on any atom is -0.354 e. The quantitative estimate of drug-likeness (QED) is 0.360. The fourth-order valence-electron chi connectivity index (χ4n) is 2.53. The molecule has 1 aliphatic heterocycles. The molecule has 0 unspecified atom stereocenters. The second-order valence-corrected chi connectivity index (χ2v) is 9.01. The lowest BCUT2D eigenvalue weighted by atomic mass is 10.1. The molecule has 2 N–H and O–H groups in total. The predicted octanol–water partition coefficient (Wildman–Crippen LogP) is 2.65. The number of nitrogens with zero attached hydrogens (tertiary/aromatic N) is 2. The fraction of sp³-hybridized carbons (Fsp3) is 0.643. The first kappa shape index (κ1) is 23.4. The van der Waals surface area contributed by atoms with Gasteiger partial charge in [-0.05, 0) is 31.9 Å². The lowest BCUT2D eigenvalue weighted by Crippen LogP contribution is -2.51. The van der Waals surface area contributed by atoms with Crippen molar-refractivity contribution in [3.63, 3.8) is 0 Å². The van der Waals surface area contributed by atoms with Crippen LogP contribution in [0.1, 0.15) is 22.6 Å². The van der Waals surface area contributed by atoms with E-state index in [1.807, 2.05) is 19.1 Å². The molecule has 0 aliphatic carbocycles. The summed E-state index contributed by atoms with van der Waals surface area (Å²) in [7, 11) is -3.63. The lowest BCUT2D eigenvalue weighted by Gasteiger charge is -2.32. The van der Waals surface area contributed by atoms with Crippen molar-refractivity contribution in [2.24, 2.45) is 4.99 Å². The monoisotopic (exact) mass is 526 g/mol. The molecule has 0 saturated carbocycles. The molecule has 150 valence electrons. The largest absolute Gasteiger partial charge is 0.511 e. The molecule has 0 aromatic carbocycles. The van der Waals surface area contributed by atoms with Crippen molar-refractivity contribution in [1.29, 1.82) is 0 Å². The van der Waals surface area contributed by atoms with Crippen LogP contribution < -0.4 is 10.6 Å². The number of halogens is 4. The summed E-state index contributed by atoms with van der Waals surface area (Å²) in [6.45, 7) is 2.28. The number of hydrogen-bond acceptors (Lipinski definition) is 4. The standard InChI is InChI=1S/C14H21F3N4O2S2.HI/c1-10-3-4-12(24-10)9-19-13(18-2)20-11-5-7-21(8-6-11)25(22,23)14(15,16)17;/h3-4,11H,5-9H2,1-2H3,(H2,18,19,20);1H. The van der Waals surface area contributed by atoms with Crippen LogP contribution in [0, 0.1) is 6.92 Å². The van der Waals surface area contributed by atoms with Gasteiger partial charge in [0.25, 0.3) is 0 Å². The van der Waals surface area contributed by atoms with Crippen molar-refractivity contribution in [1.82, 2.24) is 14.9 Å². The average molecular weight is 526 g/mol. The van der Waals surface area contributed by atoms with Gasteiger partial charge >= 0.3 is 15.5 Å². The van der Waals surface area contributed by atoms with Crippen molar-refractivity contribution < 1.29 is 21.6 Å². The van der Waals surface area contributed by atoms with Gasteiger partial charge < -0.3 is 10.6 Å². The van der Waals surface area contributed by atoms with Gasteiger partial charge in [-0.2, -0.15) is 17.5 Å². The molecule has 2 rings (SSSR count). The van der Waals surface area contributed by atoms with E-state index in [0.29, 0.717) is 16.8 Å². The molecule has 1 aromatic heterocycles. The Balaban J connectivity index is 0.00000338. The maximum Gasteiger partial charge on any atom is 0.511 e. The lowest BCUT2D eigenvalue weighted by molar-refractivity contribution is -0.0494. The van der Waals surface area contributed by atoms with Crippen LogP contribution in [0.15, 0.2) is 17.1 Å². The zero-order valence-corrected chi connectivity index (χ0v) is 18.3. The van der Waals surface area contributed by atoms with Gasteiger partial charge in [0.15, 0.2) is 5.96 Å². The van der Waals surface area contributed by atoms with Crippen LogP contribution in [0.3, 0.4) is 0 Å². The van der Waals surface area contributed by atoms with Gasteiger partial charge in [-0.25, -0.2) is 8.42 Å². The first-order valence-electron chi connectivity index (χ1n) is 7.72.